The van der Waals surface area contributed by atoms with Crippen LogP contribution in [0.3, 0.4) is 0 Å². The van der Waals surface area contributed by atoms with Crippen molar-refractivity contribution in [1.82, 2.24) is 0 Å². The molecule has 0 aromatic heterocycles. The molecule has 18 rings (SSSR count). The third kappa shape index (κ3) is 0.962. The highest BCUT2D eigenvalue weighted by Gasteiger charge is 3.01. The third-order valence-electron chi connectivity index (χ3n) is 23.7. The van der Waals surface area contributed by atoms with Crippen molar-refractivity contribution < 1.29 is 0 Å². The van der Waals surface area contributed by atoms with E-state index < -0.39 is 0 Å². The van der Waals surface area contributed by atoms with E-state index in [0.717, 1.165) is 5.41 Å². The van der Waals surface area contributed by atoms with Crippen molar-refractivity contribution in [3.05, 3.63) is 0 Å². The van der Waals surface area contributed by atoms with Crippen LogP contribution < -0.4 is 0 Å². The van der Waals surface area contributed by atoms with Crippen LogP contribution in [0, 0.1) is 195 Å². The largest absolute Gasteiger partial charge is 0.0467 e. The van der Waals surface area contributed by atoms with Crippen LogP contribution >= 0.6 is 0 Å². The number of rotatable bonds is 0. The van der Waals surface area contributed by atoms with E-state index in [1.807, 2.05) is 0 Å². The molecule has 18 fully saturated rings. The van der Waals surface area contributed by atoms with Gasteiger partial charge in [0.2, 0.25) is 0 Å². The van der Waals surface area contributed by atoms with Crippen molar-refractivity contribution in [3.63, 3.8) is 0 Å². The highest BCUT2D eigenvalue weighted by atomic mass is 15.0. The maximum absolute atomic E-state index is 1.80. The molecule has 37 heavy (non-hydrogen) atoms. The summed E-state index contributed by atoms with van der Waals surface area (Å²) in [5, 5.41) is 0. The zero-order valence-electron chi connectivity index (χ0n) is 21.8. The summed E-state index contributed by atoms with van der Waals surface area (Å²) >= 11 is 0. The molecule has 18 aliphatic rings. The first kappa shape index (κ1) is 16.4. The first-order chi connectivity index (χ1) is 18.4. The molecule has 0 heterocycles. The van der Waals surface area contributed by atoms with E-state index >= 15 is 0 Å². The molecule has 0 heteroatoms. The van der Waals surface area contributed by atoms with E-state index in [9.17, 15) is 0 Å². The van der Waals surface area contributed by atoms with Crippen molar-refractivity contribution in [3.8, 4) is 0 Å². The molecule has 0 N–H and O–H groups in total. The van der Waals surface area contributed by atoms with Crippen LogP contribution in [0.25, 0.3) is 0 Å². The van der Waals surface area contributed by atoms with Gasteiger partial charge in [0.1, 0.15) is 0 Å². The monoisotopic (exact) mass is 484 g/mol. The van der Waals surface area contributed by atoms with Gasteiger partial charge in [-0.05, 0) is 220 Å². The summed E-state index contributed by atoms with van der Waals surface area (Å²) in [4.78, 5) is 0. The van der Waals surface area contributed by atoms with Crippen LogP contribution in [0.2, 0.25) is 0 Å². The van der Waals surface area contributed by atoms with Gasteiger partial charge in [0.25, 0.3) is 0 Å². The Balaban J connectivity index is 0.881. The summed E-state index contributed by atoms with van der Waals surface area (Å²) < 4.78 is 0. The zero-order valence-corrected chi connectivity index (χ0v) is 21.8. The molecule has 0 aromatic rings. The smallest absolute Gasteiger partial charge is 0.0167 e. The number of fused-ring (bicyclic) bond motifs is 14. The van der Waals surface area contributed by atoms with Gasteiger partial charge < -0.3 is 0 Å². The molecule has 18 saturated carbocycles. The molecule has 0 saturated heterocycles. The lowest BCUT2D eigenvalue weighted by Gasteiger charge is -3.02. The average Bonchev–Trinajstić information content (AvgIpc) is 2.85. The maximum atomic E-state index is 1.80. The SMILES string of the molecule is C1C2CC3C[C@H]4CC5C6C7C8C9C%10C%11C%12C%13C%14C%15C%16C%17C%18C1[C@@H]2[C@H]%18[C@H]%17[C@H]%16[C@H]%15[C@H]%14[C@H]%13C3%12[C@H]%11[C@H]%10[C@H]9[C@H]8[C@H]7[C@H]6[C@H]54. The first-order valence-corrected chi connectivity index (χ1v) is 18.4. The van der Waals surface area contributed by atoms with Gasteiger partial charge in [-0.3, -0.25) is 0 Å². The van der Waals surface area contributed by atoms with Gasteiger partial charge >= 0.3 is 0 Å². The molecule has 0 bridgehead atoms. The fourth-order valence-corrected chi connectivity index (χ4v) is 24.5. The molecule has 0 aromatic carbocycles. The standard InChI is InChI=1S/C37H40/c1-5-3-8-10(5)14-12(8)16-18(14)22-20(16)24-26(22)30-28(24)32-34(30)37-7(1)2-6-4-9-11(6)15-13(9)17-19(15)23-21(17)25-27(23)31-29(25)33(35(31)37)36(32)37/h5-36H,1-4H2/t5-,6?,7?,8?,9?,10-,11+,12?,13?,14-,15+,16?,17?,18-,19+,20?,21?,22-,23+,24?,25?,26-,27+,28?,29?,30-,31+,32?,33?,34-,35+,36?,37?/m0/s1. The summed E-state index contributed by atoms with van der Waals surface area (Å²) in [5.74, 6) is 41.8. The molecule has 18 aliphatic carbocycles. The Kier molecular flexibility index (Phi) is 1.74. The predicted octanol–water partition coefficient (Wildman–Crippen LogP) is 5.50. The minimum absolute atomic E-state index is 0.978. The first-order valence-electron chi connectivity index (χ1n) is 18.4. The van der Waals surface area contributed by atoms with E-state index in [0.29, 0.717) is 0 Å². The molecule has 33 atom stereocenters. The normalized spacial score (nSPS) is 101. The van der Waals surface area contributed by atoms with Gasteiger partial charge in [-0.2, -0.15) is 0 Å². The zero-order chi connectivity index (χ0) is 21.8. The van der Waals surface area contributed by atoms with Gasteiger partial charge in [-0.1, -0.05) is 0 Å². The van der Waals surface area contributed by atoms with E-state index in [-0.39, 0.29) is 0 Å². The van der Waals surface area contributed by atoms with Crippen molar-refractivity contribution in [2.45, 2.75) is 25.7 Å². The Bertz CT molecular complexity index is 1320. The second-order valence-corrected chi connectivity index (χ2v) is 20.9. The molecule has 0 amide bonds. The Hall–Kier alpha value is 0. The van der Waals surface area contributed by atoms with Gasteiger partial charge in [-0.15, -0.1) is 0 Å². The molecular formula is C37H40. The lowest BCUT2D eigenvalue weighted by molar-refractivity contribution is -0.562. The van der Waals surface area contributed by atoms with Crippen LogP contribution in [0.1, 0.15) is 25.7 Å². The lowest BCUT2D eigenvalue weighted by Crippen LogP contribution is -3.00. The third-order valence-corrected chi connectivity index (χ3v) is 23.7. The summed E-state index contributed by atoms with van der Waals surface area (Å²) in [7, 11) is 0. The molecule has 0 aliphatic heterocycles. The number of hydrogen-bond donors (Lipinski definition) is 0. The second-order valence-electron chi connectivity index (χ2n) is 20.9. The molecule has 1 spiro atoms. The summed E-state index contributed by atoms with van der Waals surface area (Å²) in [6.07, 6.45) is 7.10. The molecule has 0 nitrogen and oxygen atoms in total. The van der Waals surface area contributed by atoms with Crippen LogP contribution in [0.4, 0.5) is 0 Å². The van der Waals surface area contributed by atoms with Crippen molar-refractivity contribution >= 4 is 0 Å². The quantitative estimate of drug-likeness (QED) is 0.426. The summed E-state index contributed by atoms with van der Waals surface area (Å²) in [6, 6.07) is 0. The van der Waals surface area contributed by atoms with Crippen molar-refractivity contribution in [2.75, 3.05) is 0 Å². The van der Waals surface area contributed by atoms with Crippen LogP contribution in [0.5, 0.6) is 0 Å². The van der Waals surface area contributed by atoms with E-state index in [1.165, 1.54) is 189 Å². The van der Waals surface area contributed by atoms with Crippen molar-refractivity contribution in [1.29, 1.82) is 0 Å². The summed E-state index contributed by atoms with van der Waals surface area (Å²) in [6.45, 7) is 0. The predicted molar refractivity (Wildman–Crippen MR) is 133 cm³/mol. The average molecular weight is 485 g/mol. The van der Waals surface area contributed by atoms with E-state index in [1.54, 1.807) is 25.7 Å². The van der Waals surface area contributed by atoms with Crippen LogP contribution in [0.15, 0.2) is 0 Å². The van der Waals surface area contributed by atoms with Gasteiger partial charge in [0, 0.05) is 0 Å². The minimum atomic E-state index is 0.978. The maximum Gasteiger partial charge on any atom is -0.0167 e. The van der Waals surface area contributed by atoms with Crippen molar-refractivity contribution in [2.24, 2.45) is 195 Å². The Morgan fingerprint density at radius 3 is 1.05 bits per heavy atom. The van der Waals surface area contributed by atoms with E-state index in [4.69, 9.17) is 0 Å². The Labute approximate surface area is 220 Å². The lowest BCUT2D eigenvalue weighted by atomic mass is 9.02. The topological polar surface area (TPSA) is 0 Å². The fraction of sp³-hybridized carbons (Fsp3) is 1.00. The highest BCUT2D eigenvalue weighted by Crippen LogP contribution is 3.04. The molecule has 18 unspecified atom stereocenters. The molecular weight excluding hydrogens is 444 g/mol. The minimum Gasteiger partial charge on any atom is -0.0467 e. The molecule has 0 radical (unpaired) electrons. The fourth-order valence-electron chi connectivity index (χ4n) is 24.5. The highest BCUT2D eigenvalue weighted by molar-refractivity contribution is 5.47. The Morgan fingerprint density at radius 2 is 0.595 bits per heavy atom. The molecule has 188 valence electrons. The van der Waals surface area contributed by atoms with Gasteiger partial charge in [-0.25, -0.2) is 0 Å². The summed E-state index contributed by atoms with van der Waals surface area (Å²) in [5.41, 5.74) is 0.978. The number of hydrogen-bond acceptors (Lipinski definition) is 0. The van der Waals surface area contributed by atoms with Gasteiger partial charge in [0.15, 0.2) is 0 Å². The second kappa shape index (κ2) is 3.92. The Morgan fingerprint density at radius 1 is 0.270 bits per heavy atom. The van der Waals surface area contributed by atoms with Crippen LogP contribution in [-0.2, 0) is 0 Å². The van der Waals surface area contributed by atoms with E-state index in [2.05, 4.69) is 0 Å². The van der Waals surface area contributed by atoms with Crippen LogP contribution in [-0.4, -0.2) is 0 Å². The van der Waals surface area contributed by atoms with Gasteiger partial charge in [0.05, 0.1) is 0 Å².